The Balaban J connectivity index is 1.77. The molecule has 3 aromatic rings. The number of hydrogen-bond donors (Lipinski definition) is 2. The first-order valence-electron chi connectivity index (χ1n) is 12.5. The Morgan fingerprint density at radius 2 is 1.87 bits per heavy atom. The summed E-state index contributed by atoms with van der Waals surface area (Å²) >= 11 is 0. The molecule has 38 heavy (non-hydrogen) atoms. The molecule has 1 aliphatic heterocycles. The lowest BCUT2D eigenvalue weighted by Gasteiger charge is -2.36. The van der Waals surface area contributed by atoms with Crippen LogP contribution in [-0.4, -0.2) is 47.5 Å². The minimum atomic E-state index is -4.25. The lowest BCUT2D eigenvalue weighted by Crippen LogP contribution is -2.43. The number of nitrogens with two attached hydrogens (primary N) is 1. The van der Waals surface area contributed by atoms with Gasteiger partial charge in [-0.25, -0.2) is 19.7 Å². The number of carbonyl (C=O) groups is 1. The second kappa shape index (κ2) is 10.2. The molecule has 1 unspecified atom stereocenters. The monoisotopic (exact) mass is 538 g/mol. The highest BCUT2D eigenvalue weighted by Gasteiger charge is 2.41. The number of carbonyl (C=O) groups excluding carboxylic acids is 1. The van der Waals surface area contributed by atoms with Crippen molar-refractivity contribution in [2.75, 3.05) is 17.2 Å². The molecule has 202 valence electrons. The highest BCUT2D eigenvalue weighted by Crippen LogP contribution is 2.39. The first-order valence-corrected chi connectivity index (χ1v) is 14.0. The summed E-state index contributed by atoms with van der Waals surface area (Å²) in [5, 5.41) is -0.336. The van der Waals surface area contributed by atoms with E-state index in [0.717, 1.165) is 17.7 Å². The van der Waals surface area contributed by atoms with Gasteiger partial charge in [-0.15, -0.1) is 0 Å². The van der Waals surface area contributed by atoms with Crippen LogP contribution in [0.5, 0.6) is 5.88 Å². The Kier molecular flexibility index (Phi) is 7.33. The van der Waals surface area contributed by atoms with Crippen LogP contribution in [0, 0.1) is 12.8 Å². The maximum Gasteiger partial charge on any atom is 0.281 e. The zero-order valence-electron chi connectivity index (χ0n) is 22.5. The molecule has 0 saturated carbocycles. The van der Waals surface area contributed by atoms with E-state index in [0.29, 0.717) is 29.9 Å². The van der Waals surface area contributed by atoms with Crippen LogP contribution in [-0.2, 0) is 10.0 Å². The average Bonchev–Trinajstić information content (AvgIpc) is 3.10. The number of pyridine rings is 3. The van der Waals surface area contributed by atoms with Gasteiger partial charge < -0.3 is 15.4 Å². The number of hydrogen-bond acceptors (Lipinski definition) is 9. The van der Waals surface area contributed by atoms with Gasteiger partial charge >= 0.3 is 0 Å². The summed E-state index contributed by atoms with van der Waals surface area (Å²) in [6.45, 7) is 12.8. The molecule has 10 nitrogen and oxygen atoms in total. The van der Waals surface area contributed by atoms with Gasteiger partial charge in [0.1, 0.15) is 11.6 Å². The zero-order chi connectivity index (χ0) is 27.8. The summed E-state index contributed by atoms with van der Waals surface area (Å²) in [5.41, 5.74) is 7.62. The molecule has 0 radical (unpaired) electrons. The van der Waals surface area contributed by atoms with Crippen molar-refractivity contribution in [3.63, 3.8) is 0 Å². The normalized spacial score (nSPS) is 17.0. The van der Waals surface area contributed by atoms with Gasteiger partial charge in [-0.3, -0.25) is 4.79 Å². The molecule has 1 fully saturated rings. The molecule has 0 aliphatic carbocycles. The molecular formula is C27H34N6O4S. The Morgan fingerprint density at radius 1 is 1.13 bits per heavy atom. The van der Waals surface area contributed by atoms with Crippen molar-refractivity contribution in [1.29, 1.82) is 0 Å². The quantitative estimate of drug-likeness (QED) is 0.457. The molecule has 1 atom stereocenters. The van der Waals surface area contributed by atoms with E-state index < -0.39 is 15.9 Å². The molecule has 0 aromatic carbocycles. The first-order chi connectivity index (χ1) is 17.8. The van der Waals surface area contributed by atoms with Crippen molar-refractivity contribution >= 4 is 27.6 Å². The Labute approximate surface area is 223 Å². The third-order valence-corrected chi connectivity index (χ3v) is 8.24. The van der Waals surface area contributed by atoms with Crippen molar-refractivity contribution in [3.05, 3.63) is 53.7 Å². The SMILES string of the molecule is Cc1nc(OC(C)C)ccc1-c1ccc(C(=O)NS(=O)(=O)c2cccc(N)n2)c(N2CCC(C)C2(C)C)n1. The Bertz CT molecular complexity index is 1470. The molecule has 4 rings (SSSR count). The van der Waals surface area contributed by atoms with E-state index in [-0.39, 0.29) is 28.1 Å². The van der Waals surface area contributed by atoms with E-state index in [1.165, 1.54) is 18.2 Å². The molecule has 0 bridgehead atoms. The van der Waals surface area contributed by atoms with Gasteiger partial charge in [-0.05, 0) is 77.3 Å². The summed E-state index contributed by atoms with van der Waals surface area (Å²) in [5.74, 6) is 0.502. The average molecular weight is 539 g/mol. The molecule has 0 spiro atoms. The predicted molar refractivity (Wildman–Crippen MR) is 146 cm³/mol. The van der Waals surface area contributed by atoms with Crippen molar-refractivity contribution in [1.82, 2.24) is 19.7 Å². The van der Waals surface area contributed by atoms with Gasteiger partial charge in [-0.1, -0.05) is 13.0 Å². The van der Waals surface area contributed by atoms with Gasteiger partial charge in [0, 0.05) is 23.7 Å². The number of nitrogen functional groups attached to an aromatic ring is 1. The molecule has 3 N–H and O–H groups in total. The van der Waals surface area contributed by atoms with Crippen molar-refractivity contribution in [3.8, 4) is 17.1 Å². The van der Waals surface area contributed by atoms with Crippen LogP contribution in [0.25, 0.3) is 11.3 Å². The van der Waals surface area contributed by atoms with Crippen LogP contribution in [0.4, 0.5) is 11.6 Å². The fraction of sp³-hybridized carbons (Fsp3) is 0.407. The van der Waals surface area contributed by atoms with Crippen molar-refractivity contribution in [2.24, 2.45) is 5.92 Å². The number of rotatable bonds is 7. The lowest BCUT2D eigenvalue weighted by atomic mass is 9.90. The Hall–Kier alpha value is -3.73. The van der Waals surface area contributed by atoms with Gasteiger partial charge in [0.2, 0.25) is 5.88 Å². The van der Waals surface area contributed by atoms with Crippen LogP contribution >= 0.6 is 0 Å². The zero-order valence-corrected chi connectivity index (χ0v) is 23.3. The van der Waals surface area contributed by atoms with Crippen LogP contribution in [0.2, 0.25) is 0 Å². The molecule has 1 aliphatic rings. The maximum atomic E-state index is 13.4. The fourth-order valence-corrected chi connectivity index (χ4v) is 5.46. The number of ether oxygens (including phenoxy) is 1. The molecular weight excluding hydrogens is 504 g/mol. The van der Waals surface area contributed by atoms with Crippen LogP contribution in [0.1, 0.15) is 57.1 Å². The van der Waals surface area contributed by atoms with E-state index in [2.05, 4.69) is 40.4 Å². The largest absolute Gasteiger partial charge is 0.475 e. The van der Waals surface area contributed by atoms with Crippen LogP contribution in [0.15, 0.2) is 47.5 Å². The molecule has 11 heteroatoms. The van der Waals surface area contributed by atoms with Crippen molar-refractivity contribution < 1.29 is 17.9 Å². The number of aryl methyl sites for hydroxylation is 1. The lowest BCUT2D eigenvalue weighted by molar-refractivity contribution is 0.0981. The number of anilines is 2. The maximum absolute atomic E-state index is 13.4. The highest BCUT2D eigenvalue weighted by molar-refractivity contribution is 7.90. The van der Waals surface area contributed by atoms with Crippen LogP contribution < -0.4 is 20.1 Å². The van der Waals surface area contributed by atoms with E-state index in [4.69, 9.17) is 15.5 Å². The van der Waals surface area contributed by atoms with E-state index >= 15 is 0 Å². The number of sulfonamides is 1. The Morgan fingerprint density at radius 3 is 2.47 bits per heavy atom. The summed E-state index contributed by atoms with van der Waals surface area (Å²) in [4.78, 5) is 28.8. The van der Waals surface area contributed by atoms with Gasteiger partial charge in [-0.2, -0.15) is 8.42 Å². The van der Waals surface area contributed by atoms with Gasteiger partial charge in [0.25, 0.3) is 15.9 Å². The predicted octanol–water partition coefficient (Wildman–Crippen LogP) is 3.96. The number of nitrogens with zero attached hydrogens (tertiary/aromatic N) is 4. The summed E-state index contributed by atoms with van der Waals surface area (Å²) < 4.78 is 33.7. The topological polar surface area (TPSA) is 140 Å². The minimum absolute atomic E-state index is 0.00605. The number of nitrogens with one attached hydrogen (secondary N) is 1. The van der Waals surface area contributed by atoms with Gasteiger partial charge in [0.05, 0.1) is 23.1 Å². The smallest absolute Gasteiger partial charge is 0.281 e. The van der Waals surface area contributed by atoms with E-state index in [1.807, 2.05) is 26.8 Å². The summed E-state index contributed by atoms with van der Waals surface area (Å²) in [6, 6.07) is 11.2. The second-order valence-electron chi connectivity index (χ2n) is 10.3. The molecule has 1 saturated heterocycles. The van der Waals surface area contributed by atoms with E-state index in [9.17, 15) is 13.2 Å². The second-order valence-corrected chi connectivity index (χ2v) is 12.0. The summed E-state index contributed by atoms with van der Waals surface area (Å²) in [6.07, 6.45) is 0.904. The molecule has 1 amide bonds. The van der Waals surface area contributed by atoms with E-state index in [1.54, 1.807) is 18.2 Å². The fourth-order valence-electron chi connectivity index (χ4n) is 4.52. The van der Waals surface area contributed by atoms with Gasteiger partial charge in [0.15, 0.2) is 5.03 Å². The molecule has 4 heterocycles. The highest BCUT2D eigenvalue weighted by atomic mass is 32.2. The standard InChI is InChI=1S/C27H34N6O4S/c1-16(2)37-23-13-11-19(18(4)29-23)21-12-10-20(25(30-21)33-15-14-17(3)27(33,5)6)26(34)32-38(35,36)24-9-7-8-22(28)31-24/h7-13,16-17H,14-15H2,1-6H3,(H2,28,31)(H,32,34). The first kappa shape index (κ1) is 27.3. The third-order valence-electron chi connectivity index (χ3n) is 7.00. The minimum Gasteiger partial charge on any atom is -0.475 e. The number of amides is 1. The molecule has 3 aromatic heterocycles. The van der Waals surface area contributed by atoms with Crippen molar-refractivity contribution in [2.45, 2.75) is 64.6 Å². The summed E-state index contributed by atoms with van der Waals surface area (Å²) in [7, 11) is -4.25. The third kappa shape index (κ3) is 5.42. The van der Waals surface area contributed by atoms with Crippen LogP contribution in [0.3, 0.4) is 0 Å². The number of aromatic nitrogens is 3.